The summed E-state index contributed by atoms with van der Waals surface area (Å²) in [4.78, 5) is 4.29. The number of oxazole rings is 1. The molecule has 3 rings (SSSR count). The summed E-state index contributed by atoms with van der Waals surface area (Å²) < 4.78 is 5.53. The number of nitrogens with zero attached hydrogens (tertiary/aromatic N) is 1. The summed E-state index contributed by atoms with van der Waals surface area (Å²) in [5.74, 6) is 0.701. The lowest BCUT2D eigenvalue weighted by molar-refractivity contribution is 0.560. The molecule has 2 aromatic carbocycles. The number of aromatic nitrogens is 1. The molecular formula is C16H17N3O. The van der Waals surface area contributed by atoms with Crippen LogP contribution in [0.5, 0.6) is 0 Å². The van der Waals surface area contributed by atoms with Crippen molar-refractivity contribution in [1.82, 2.24) is 10.3 Å². The van der Waals surface area contributed by atoms with Crippen LogP contribution in [0, 0.1) is 6.92 Å². The molecule has 0 saturated heterocycles. The van der Waals surface area contributed by atoms with Gasteiger partial charge in [-0.25, -0.2) is 4.98 Å². The van der Waals surface area contributed by atoms with Crippen molar-refractivity contribution < 1.29 is 4.42 Å². The smallest absolute Gasteiger partial charge is 0.192 e. The molecule has 0 amide bonds. The van der Waals surface area contributed by atoms with E-state index in [9.17, 15) is 0 Å². The molecule has 3 aromatic rings. The van der Waals surface area contributed by atoms with Crippen molar-refractivity contribution in [2.75, 3.05) is 5.73 Å². The summed E-state index contributed by atoms with van der Waals surface area (Å²) in [7, 11) is 0. The van der Waals surface area contributed by atoms with Crippen LogP contribution in [-0.2, 0) is 13.1 Å². The standard InChI is InChI=1S/C16H17N3O/c1-11-19-15-7-4-13(8-16(15)20-11)10-18-9-12-2-5-14(17)6-3-12/h2-8,18H,9-10,17H2,1H3. The third-order valence-corrected chi connectivity index (χ3v) is 3.20. The quantitative estimate of drug-likeness (QED) is 0.713. The molecule has 0 spiro atoms. The predicted octanol–water partition coefficient (Wildman–Crippen LogP) is 3.01. The molecule has 0 aliphatic carbocycles. The van der Waals surface area contributed by atoms with Crippen molar-refractivity contribution in [3.05, 3.63) is 59.5 Å². The summed E-state index contributed by atoms with van der Waals surface area (Å²) in [6, 6.07) is 14.0. The highest BCUT2D eigenvalue weighted by Crippen LogP contribution is 2.16. The van der Waals surface area contributed by atoms with E-state index < -0.39 is 0 Å². The van der Waals surface area contributed by atoms with Gasteiger partial charge >= 0.3 is 0 Å². The van der Waals surface area contributed by atoms with Crippen LogP contribution < -0.4 is 11.1 Å². The number of nitrogens with two attached hydrogens (primary N) is 1. The van der Waals surface area contributed by atoms with Crippen LogP contribution in [0.2, 0.25) is 0 Å². The van der Waals surface area contributed by atoms with Crippen LogP contribution >= 0.6 is 0 Å². The SMILES string of the molecule is Cc1nc2ccc(CNCc3ccc(N)cc3)cc2o1. The van der Waals surface area contributed by atoms with E-state index in [0.29, 0.717) is 5.89 Å². The van der Waals surface area contributed by atoms with Crippen molar-refractivity contribution in [3.8, 4) is 0 Å². The Balaban J connectivity index is 1.63. The molecule has 0 aliphatic rings. The third kappa shape index (κ3) is 2.81. The number of hydrogen-bond acceptors (Lipinski definition) is 4. The molecule has 0 unspecified atom stereocenters. The van der Waals surface area contributed by atoms with Gasteiger partial charge in [0.05, 0.1) is 0 Å². The third-order valence-electron chi connectivity index (χ3n) is 3.20. The number of fused-ring (bicyclic) bond motifs is 1. The first-order valence-corrected chi connectivity index (χ1v) is 6.62. The van der Waals surface area contributed by atoms with Crippen molar-refractivity contribution in [2.24, 2.45) is 0 Å². The Labute approximate surface area is 117 Å². The zero-order valence-corrected chi connectivity index (χ0v) is 11.4. The van der Waals surface area contributed by atoms with E-state index in [0.717, 1.165) is 29.9 Å². The molecule has 0 radical (unpaired) electrons. The number of aryl methyl sites for hydroxylation is 1. The molecule has 0 bridgehead atoms. The van der Waals surface area contributed by atoms with E-state index in [1.54, 1.807) is 0 Å². The largest absolute Gasteiger partial charge is 0.441 e. The first kappa shape index (κ1) is 12.7. The number of nitrogens with one attached hydrogen (secondary N) is 1. The fraction of sp³-hybridized carbons (Fsp3) is 0.188. The van der Waals surface area contributed by atoms with E-state index in [1.807, 2.05) is 43.3 Å². The Morgan fingerprint density at radius 3 is 2.55 bits per heavy atom. The Bertz CT molecular complexity index is 716. The summed E-state index contributed by atoms with van der Waals surface area (Å²) in [6.07, 6.45) is 0. The average Bonchev–Trinajstić information content (AvgIpc) is 2.80. The highest BCUT2D eigenvalue weighted by molar-refractivity contribution is 5.73. The summed E-state index contributed by atoms with van der Waals surface area (Å²) >= 11 is 0. The Morgan fingerprint density at radius 1 is 1.05 bits per heavy atom. The zero-order valence-electron chi connectivity index (χ0n) is 11.4. The van der Waals surface area contributed by atoms with Crippen LogP contribution in [0.3, 0.4) is 0 Å². The summed E-state index contributed by atoms with van der Waals surface area (Å²) in [5, 5.41) is 3.41. The van der Waals surface area contributed by atoms with E-state index in [-0.39, 0.29) is 0 Å². The van der Waals surface area contributed by atoms with Crippen molar-refractivity contribution in [1.29, 1.82) is 0 Å². The fourth-order valence-electron chi connectivity index (χ4n) is 2.18. The number of hydrogen-bond donors (Lipinski definition) is 2. The maximum Gasteiger partial charge on any atom is 0.192 e. The minimum absolute atomic E-state index is 0.701. The zero-order chi connectivity index (χ0) is 13.9. The van der Waals surface area contributed by atoms with Gasteiger partial charge in [-0.3, -0.25) is 0 Å². The van der Waals surface area contributed by atoms with Gasteiger partial charge in [-0.2, -0.15) is 0 Å². The van der Waals surface area contributed by atoms with Crippen molar-refractivity contribution in [2.45, 2.75) is 20.0 Å². The lowest BCUT2D eigenvalue weighted by Crippen LogP contribution is -2.12. The van der Waals surface area contributed by atoms with Gasteiger partial charge in [-0.1, -0.05) is 18.2 Å². The van der Waals surface area contributed by atoms with Crippen LogP contribution in [-0.4, -0.2) is 4.98 Å². The Kier molecular flexibility index (Phi) is 3.39. The minimum atomic E-state index is 0.701. The second kappa shape index (κ2) is 5.35. The number of rotatable bonds is 4. The molecule has 0 aliphatic heterocycles. The van der Waals surface area contributed by atoms with Crippen molar-refractivity contribution >= 4 is 16.8 Å². The topological polar surface area (TPSA) is 64.1 Å². The highest BCUT2D eigenvalue weighted by Gasteiger charge is 2.03. The van der Waals surface area contributed by atoms with Gasteiger partial charge in [0.15, 0.2) is 11.5 Å². The molecule has 20 heavy (non-hydrogen) atoms. The molecule has 0 saturated carbocycles. The number of nitrogen functional groups attached to an aromatic ring is 1. The molecule has 0 fully saturated rings. The molecule has 0 atom stereocenters. The second-order valence-corrected chi connectivity index (χ2v) is 4.88. The molecule has 3 N–H and O–H groups in total. The first-order chi connectivity index (χ1) is 9.70. The number of anilines is 1. The first-order valence-electron chi connectivity index (χ1n) is 6.62. The van der Waals surface area contributed by atoms with Gasteiger partial charge in [-0.15, -0.1) is 0 Å². The molecule has 1 heterocycles. The van der Waals surface area contributed by atoms with Gasteiger partial charge in [0.25, 0.3) is 0 Å². The van der Waals surface area contributed by atoms with Crippen LogP contribution in [0.15, 0.2) is 46.9 Å². The van der Waals surface area contributed by atoms with Gasteiger partial charge in [0, 0.05) is 25.7 Å². The minimum Gasteiger partial charge on any atom is -0.441 e. The summed E-state index contributed by atoms with van der Waals surface area (Å²) in [6.45, 7) is 3.47. The monoisotopic (exact) mass is 267 g/mol. The molecular weight excluding hydrogens is 250 g/mol. The maximum atomic E-state index is 5.66. The number of benzene rings is 2. The van der Waals surface area contributed by atoms with E-state index >= 15 is 0 Å². The highest BCUT2D eigenvalue weighted by atomic mass is 16.3. The Hall–Kier alpha value is -2.33. The van der Waals surface area contributed by atoms with Gasteiger partial charge in [0.2, 0.25) is 0 Å². The van der Waals surface area contributed by atoms with Crippen LogP contribution in [0.1, 0.15) is 17.0 Å². The maximum absolute atomic E-state index is 5.66. The van der Waals surface area contributed by atoms with Crippen LogP contribution in [0.4, 0.5) is 5.69 Å². The predicted molar refractivity (Wildman–Crippen MR) is 80.1 cm³/mol. The van der Waals surface area contributed by atoms with Crippen LogP contribution in [0.25, 0.3) is 11.1 Å². The lowest BCUT2D eigenvalue weighted by Gasteiger charge is -2.05. The second-order valence-electron chi connectivity index (χ2n) is 4.88. The lowest BCUT2D eigenvalue weighted by atomic mass is 10.2. The van der Waals surface area contributed by atoms with Crippen molar-refractivity contribution in [3.63, 3.8) is 0 Å². The molecule has 4 heteroatoms. The molecule has 4 nitrogen and oxygen atoms in total. The van der Waals surface area contributed by atoms with Gasteiger partial charge in [0.1, 0.15) is 5.52 Å². The van der Waals surface area contributed by atoms with E-state index in [2.05, 4.69) is 16.4 Å². The normalized spacial score (nSPS) is 11.1. The Morgan fingerprint density at radius 2 is 1.75 bits per heavy atom. The van der Waals surface area contributed by atoms with Gasteiger partial charge < -0.3 is 15.5 Å². The fourth-order valence-corrected chi connectivity index (χ4v) is 2.18. The van der Waals surface area contributed by atoms with Gasteiger partial charge in [-0.05, 0) is 35.4 Å². The van der Waals surface area contributed by atoms with E-state index in [4.69, 9.17) is 10.2 Å². The molecule has 102 valence electrons. The molecule has 1 aromatic heterocycles. The summed E-state index contributed by atoms with van der Waals surface area (Å²) in [5.41, 5.74) is 10.6. The van der Waals surface area contributed by atoms with E-state index in [1.165, 1.54) is 11.1 Å². The average molecular weight is 267 g/mol.